The number of benzene rings is 1. The van der Waals surface area contributed by atoms with Gasteiger partial charge in [0, 0.05) is 42.2 Å². The number of carboxylic acid groups (broad SMARTS) is 1. The highest BCUT2D eigenvalue weighted by Crippen LogP contribution is 2.26. The molecule has 0 aliphatic carbocycles. The summed E-state index contributed by atoms with van der Waals surface area (Å²) >= 11 is 0. The summed E-state index contributed by atoms with van der Waals surface area (Å²) < 4.78 is 25.2. The second kappa shape index (κ2) is 11.9. The fraction of sp³-hybridized carbons (Fsp3) is 0.409. The summed E-state index contributed by atoms with van der Waals surface area (Å²) in [5, 5.41) is 15.8. The molecule has 178 valence electrons. The van der Waals surface area contributed by atoms with Gasteiger partial charge in [-0.2, -0.15) is 0 Å². The number of carboxylic acids is 1. The highest BCUT2D eigenvalue weighted by molar-refractivity contribution is 5.94. The zero-order chi connectivity index (χ0) is 23.1. The van der Waals surface area contributed by atoms with Crippen LogP contribution in [0.3, 0.4) is 0 Å². The summed E-state index contributed by atoms with van der Waals surface area (Å²) in [7, 11) is 0. The first-order valence-corrected chi connectivity index (χ1v) is 10.00. The van der Waals surface area contributed by atoms with Crippen LogP contribution >= 0.6 is 0 Å². The molecule has 0 unspecified atom stereocenters. The second-order valence-corrected chi connectivity index (χ2v) is 7.30. The van der Waals surface area contributed by atoms with Gasteiger partial charge in [-0.3, -0.25) is 10.2 Å². The second-order valence-electron chi connectivity index (χ2n) is 7.30. The maximum absolute atomic E-state index is 14.9. The van der Waals surface area contributed by atoms with Crippen molar-refractivity contribution in [1.82, 2.24) is 9.97 Å². The smallest absolute Gasteiger partial charge is 0.329 e. The molecule has 11 heteroatoms. The number of hydrogen-bond acceptors (Lipinski definition) is 8. The SMILES string of the molecule is C.N=C(N)CC(=O)OCc1cccc(-c2cnc(N3CCC(OCC(=O)O)CC3)nc2)c1F. The molecule has 1 aliphatic heterocycles. The number of nitrogens with two attached hydrogens (primary N) is 1. The van der Waals surface area contributed by atoms with Crippen LogP contribution in [0.2, 0.25) is 0 Å². The van der Waals surface area contributed by atoms with Crippen LogP contribution in [0.4, 0.5) is 10.3 Å². The molecule has 1 saturated heterocycles. The third-order valence-corrected chi connectivity index (χ3v) is 4.92. The zero-order valence-electron chi connectivity index (χ0n) is 17.3. The lowest BCUT2D eigenvalue weighted by molar-refractivity contribution is -0.145. The number of anilines is 1. The van der Waals surface area contributed by atoms with Gasteiger partial charge in [0.1, 0.15) is 31.3 Å². The van der Waals surface area contributed by atoms with E-state index in [2.05, 4.69) is 9.97 Å². The van der Waals surface area contributed by atoms with Crippen LogP contribution in [0.1, 0.15) is 32.3 Å². The summed E-state index contributed by atoms with van der Waals surface area (Å²) in [4.78, 5) is 32.8. The standard InChI is InChI=1S/C21H24FN5O5.CH4/c22-20-13(11-32-19(30)8-17(23)24)2-1-3-16(20)14-9-25-21(26-10-14)27-6-4-15(5-7-27)31-12-18(28)29;/h1-3,9-10,15H,4-8,11-12H2,(H3,23,24)(H,28,29);1H4. The minimum absolute atomic E-state index is 0. The summed E-state index contributed by atoms with van der Waals surface area (Å²) in [6, 6.07) is 4.73. The highest BCUT2D eigenvalue weighted by Gasteiger charge is 2.22. The van der Waals surface area contributed by atoms with Crippen LogP contribution in [0.15, 0.2) is 30.6 Å². The molecule has 0 bridgehead atoms. The van der Waals surface area contributed by atoms with Gasteiger partial charge in [0.2, 0.25) is 5.95 Å². The molecule has 0 amide bonds. The Labute approximate surface area is 191 Å². The highest BCUT2D eigenvalue weighted by atomic mass is 19.1. The largest absolute Gasteiger partial charge is 0.480 e. The number of nitrogens with one attached hydrogen (secondary N) is 1. The van der Waals surface area contributed by atoms with Crippen molar-refractivity contribution in [2.45, 2.75) is 39.4 Å². The van der Waals surface area contributed by atoms with Crippen molar-refractivity contribution >= 4 is 23.7 Å². The van der Waals surface area contributed by atoms with Crippen molar-refractivity contribution in [2.24, 2.45) is 5.73 Å². The number of halogens is 1. The van der Waals surface area contributed by atoms with Crippen molar-refractivity contribution < 1.29 is 28.6 Å². The number of aliphatic carboxylic acids is 1. The number of ether oxygens (including phenoxy) is 2. The third kappa shape index (κ3) is 7.21. The number of nitrogens with zero attached hydrogens (tertiary/aromatic N) is 3. The quantitative estimate of drug-likeness (QED) is 0.290. The Kier molecular flexibility index (Phi) is 9.22. The van der Waals surface area contributed by atoms with Crippen LogP contribution in [-0.2, 0) is 25.7 Å². The summed E-state index contributed by atoms with van der Waals surface area (Å²) in [6.07, 6.45) is 3.93. The maximum atomic E-state index is 14.9. The number of hydrogen-bond donors (Lipinski definition) is 3. The average molecular weight is 461 g/mol. The molecule has 10 nitrogen and oxygen atoms in total. The Morgan fingerprint density at radius 3 is 2.52 bits per heavy atom. The Morgan fingerprint density at radius 1 is 1.24 bits per heavy atom. The van der Waals surface area contributed by atoms with Gasteiger partial charge in [-0.15, -0.1) is 0 Å². The van der Waals surface area contributed by atoms with E-state index in [1.807, 2.05) is 4.90 Å². The van der Waals surface area contributed by atoms with Gasteiger partial charge in [-0.1, -0.05) is 25.6 Å². The molecule has 33 heavy (non-hydrogen) atoms. The van der Waals surface area contributed by atoms with E-state index < -0.39 is 17.8 Å². The Morgan fingerprint density at radius 2 is 1.91 bits per heavy atom. The topological polar surface area (TPSA) is 152 Å². The van der Waals surface area contributed by atoms with Gasteiger partial charge in [-0.05, 0) is 12.8 Å². The number of piperidine rings is 1. The predicted octanol–water partition coefficient (Wildman–Crippen LogP) is 2.36. The number of esters is 1. The molecule has 2 heterocycles. The van der Waals surface area contributed by atoms with Crippen molar-refractivity contribution in [1.29, 1.82) is 5.41 Å². The number of carbonyl (C=O) groups excluding carboxylic acids is 1. The van der Waals surface area contributed by atoms with E-state index in [0.29, 0.717) is 37.4 Å². The first kappa shape index (κ1) is 25.7. The zero-order valence-corrected chi connectivity index (χ0v) is 17.3. The van der Waals surface area contributed by atoms with Crippen LogP contribution in [0.5, 0.6) is 0 Å². The number of aromatic nitrogens is 2. The molecular formula is C22H28FN5O5. The maximum Gasteiger partial charge on any atom is 0.329 e. The van der Waals surface area contributed by atoms with E-state index in [1.165, 1.54) is 18.5 Å². The van der Waals surface area contributed by atoms with Crippen molar-refractivity contribution in [3.8, 4) is 11.1 Å². The Balaban J connectivity index is 0.00000385. The van der Waals surface area contributed by atoms with Gasteiger partial charge in [-0.25, -0.2) is 19.2 Å². The molecule has 0 saturated carbocycles. The molecule has 0 atom stereocenters. The molecule has 3 rings (SSSR count). The van der Waals surface area contributed by atoms with E-state index in [0.717, 1.165) is 0 Å². The average Bonchev–Trinajstić information content (AvgIpc) is 2.77. The lowest BCUT2D eigenvalue weighted by Crippen LogP contribution is -2.38. The first-order valence-electron chi connectivity index (χ1n) is 10.00. The monoisotopic (exact) mass is 461 g/mol. The third-order valence-electron chi connectivity index (χ3n) is 4.92. The van der Waals surface area contributed by atoms with E-state index in [9.17, 15) is 14.0 Å². The van der Waals surface area contributed by atoms with Gasteiger partial charge in [0.05, 0.1) is 6.10 Å². The summed E-state index contributed by atoms with van der Waals surface area (Å²) in [6.45, 7) is 0.665. The Hall–Kier alpha value is -3.60. The minimum atomic E-state index is -0.989. The molecular weight excluding hydrogens is 433 g/mol. The minimum Gasteiger partial charge on any atom is -0.480 e. The first-order chi connectivity index (χ1) is 15.3. The van der Waals surface area contributed by atoms with Crippen molar-refractivity contribution in [2.75, 3.05) is 24.6 Å². The predicted molar refractivity (Wildman–Crippen MR) is 119 cm³/mol. The molecule has 1 aliphatic rings. The number of rotatable bonds is 9. The van der Waals surface area contributed by atoms with Gasteiger partial charge in [0.15, 0.2) is 0 Å². The van der Waals surface area contributed by atoms with Crippen molar-refractivity contribution in [3.63, 3.8) is 0 Å². The molecule has 1 fully saturated rings. The lowest BCUT2D eigenvalue weighted by atomic mass is 10.0. The molecule has 0 radical (unpaired) electrons. The molecule has 2 aromatic rings. The normalized spacial score (nSPS) is 13.8. The van der Waals surface area contributed by atoms with Crippen LogP contribution in [0, 0.1) is 11.2 Å². The number of carbonyl (C=O) groups is 2. The van der Waals surface area contributed by atoms with E-state index in [1.54, 1.807) is 12.1 Å². The van der Waals surface area contributed by atoms with Crippen LogP contribution in [0.25, 0.3) is 11.1 Å². The fourth-order valence-corrected chi connectivity index (χ4v) is 3.31. The van der Waals surface area contributed by atoms with E-state index in [-0.39, 0.29) is 50.1 Å². The van der Waals surface area contributed by atoms with Crippen LogP contribution < -0.4 is 10.6 Å². The van der Waals surface area contributed by atoms with Gasteiger partial charge >= 0.3 is 11.9 Å². The lowest BCUT2D eigenvalue weighted by Gasteiger charge is -2.31. The number of amidine groups is 1. The van der Waals surface area contributed by atoms with E-state index >= 15 is 0 Å². The van der Waals surface area contributed by atoms with E-state index in [4.69, 9.17) is 25.7 Å². The molecule has 1 aromatic heterocycles. The van der Waals surface area contributed by atoms with Crippen LogP contribution in [-0.4, -0.2) is 58.6 Å². The van der Waals surface area contributed by atoms with Crippen molar-refractivity contribution in [3.05, 3.63) is 42.0 Å². The molecule has 0 spiro atoms. The molecule has 1 aromatic carbocycles. The van der Waals surface area contributed by atoms with Gasteiger partial charge in [0.25, 0.3) is 0 Å². The van der Waals surface area contributed by atoms with Gasteiger partial charge < -0.3 is 25.2 Å². The Bertz CT molecular complexity index is 978. The summed E-state index contributed by atoms with van der Waals surface area (Å²) in [5.41, 5.74) is 6.09. The summed E-state index contributed by atoms with van der Waals surface area (Å²) in [5.74, 6) is -2.06. The molecule has 4 N–H and O–H groups in total. The fourth-order valence-electron chi connectivity index (χ4n) is 3.31.